The highest BCUT2D eigenvalue weighted by molar-refractivity contribution is 5.92. The van der Waals surface area contributed by atoms with Crippen LogP contribution in [0.3, 0.4) is 0 Å². The average molecular weight is 417 g/mol. The predicted molar refractivity (Wildman–Crippen MR) is 130 cm³/mol. The van der Waals surface area contributed by atoms with Crippen molar-refractivity contribution >= 4 is 10.9 Å². The van der Waals surface area contributed by atoms with Gasteiger partial charge in [0.15, 0.2) is 0 Å². The van der Waals surface area contributed by atoms with E-state index in [1.165, 1.54) is 85.3 Å². The van der Waals surface area contributed by atoms with Crippen LogP contribution in [0.15, 0.2) is 36.5 Å². The third-order valence-corrected chi connectivity index (χ3v) is 7.36. The molecule has 0 saturated carbocycles. The third-order valence-electron chi connectivity index (χ3n) is 7.36. The van der Waals surface area contributed by atoms with Crippen LogP contribution in [-0.2, 0) is 0 Å². The van der Waals surface area contributed by atoms with E-state index in [0.29, 0.717) is 11.8 Å². The van der Waals surface area contributed by atoms with Crippen molar-refractivity contribution in [3.63, 3.8) is 0 Å². The number of aromatic amines is 1. The van der Waals surface area contributed by atoms with E-state index in [1.807, 2.05) is 6.20 Å². The number of aryl methyl sites for hydroxylation is 1. The molecule has 31 heavy (non-hydrogen) atoms. The molecule has 2 fully saturated rings. The zero-order chi connectivity index (χ0) is 21.4. The molecule has 4 nitrogen and oxygen atoms in total. The van der Waals surface area contributed by atoms with Gasteiger partial charge in [-0.15, -0.1) is 0 Å². The Balaban J connectivity index is 1.39. The number of nitrogens with zero attached hydrogens (tertiary/aromatic N) is 2. The molecule has 3 aromatic rings. The van der Waals surface area contributed by atoms with Gasteiger partial charge in [-0.05, 0) is 106 Å². The Morgan fingerprint density at radius 3 is 2.65 bits per heavy atom. The molecule has 2 N–H and O–H groups in total. The lowest BCUT2D eigenvalue weighted by Gasteiger charge is -2.33. The molecule has 0 bridgehead atoms. The zero-order valence-corrected chi connectivity index (χ0v) is 19.2. The van der Waals surface area contributed by atoms with E-state index >= 15 is 0 Å². The Bertz CT molecular complexity index is 1040. The van der Waals surface area contributed by atoms with Crippen molar-refractivity contribution in [1.29, 1.82) is 0 Å². The van der Waals surface area contributed by atoms with Gasteiger partial charge < -0.3 is 15.2 Å². The van der Waals surface area contributed by atoms with E-state index < -0.39 is 0 Å². The van der Waals surface area contributed by atoms with Gasteiger partial charge in [-0.1, -0.05) is 19.9 Å². The molecule has 0 aliphatic carbocycles. The van der Waals surface area contributed by atoms with Crippen molar-refractivity contribution < 1.29 is 0 Å². The monoisotopic (exact) mass is 416 g/mol. The van der Waals surface area contributed by atoms with Gasteiger partial charge in [0.25, 0.3) is 0 Å². The number of benzene rings is 1. The van der Waals surface area contributed by atoms with Gasteiger partial charge in [0.1, 0.15) is 0 Å². The number of piperidine rings is 1. The van der Waals surface area contributed by atoms with E-state index in [-0.39, 0.29) is 0 Å². The van der Waals surface area contributed by atoms with Gasteiger partial charge in [0.2, 0.25) is 0 Å². The van der Waals surface area contributed by atoms with Crippen molar-refractivity contribution in [2.45, 2.75) is 51.9 Å². The van der Waals surface area contributed by atoms with Crippen LogP contribution < -0.4 is 5.32 Å². The lowest BCUT2D eigenvalue weighted by molar-refractivity contribution is 0.187. The molecule has 1 atom stereocenters. The Kier molecular flexibility index (Phi) is 5.85. The summed E-state index contributed by atoms with van der Waals surface area (Å²) in [7, 11) is 0. The molecule has 4 heteroatoms. The third kappa shape index (κ3) is 4.28. The second-order valence-corrected chi connectivity index (χ2v) is 9.99. The summed E-state index contributed by atoms with van der Waals surface area (Å²) in [5, 5.41) is 4.91. The summed E-state index contributed by atoms with van der Waals surface area (Å²) in [6, 6.07) is 11.5. The first-order chi connectivity index (χ1) is 15.1. The van der Waals surface area contributed by atoms with Crippen molar-refractivity contribution in [1.82, 2.24) is 20.2 Å². The summed E-state index contributed by atoms with van der Waals surface area (Å²) in [6.07, 6.45) is 5.83. The molecular formula is C27H36N4. The number of H-pyrrole nitrogens is 1. The van der Waals surface area contributed by atoms with Crippen LogP contribution in [0.1, 0.15) is 61.8 Å². The van der Waals surface area contributed by atoms with Crippen LogP contribution in [0.4, 0.5) is 0 Å². The summed E-state index contributed by atoms with van der Waals surface area (Å²) in [4.78, 5) is 10.8. The summed E-state index contributed by atoms with van der Waals surface area (Å²) in [5.41, 5.74) is 7.77. The lowest BCUT2D eigenvalue weighted by atomic mass is 9.87. The molecule has 0 spiro atoms. The molecule has 0 radical (unpaired) electrons. The maximum atomic E-state index is 4.39. The number of nitrogens with one attached hydrogen (secondary N) is 2. The van der Waals surface area contributed by atoms with E-state index in [1.54, 1.807) is 0 Å². The second kappa shape index (κ2) is 8.76. The minimum Gasteiger partial charge on any atom is -0.354 e. The van der Waals surface area contributed by atoms with Crippen LogP contribution in [0.5, 0.6) is 0 Å². The maximum Gasteiger partial charge on any atom is 0.0501 e. The van der Waals surface area contributed by atoms with Gasteiger partial charge >= 0.3 is 0 Å². The first-order valence-electron chi connectivity index (χ1n) is 12.1. The molecule has 2 aliphatic rings. The Hall–Kier alpha value is -2.17. The minimum atomic E-state index is 0.467. The number of pyridine rings is 1. The highest BCUT2D eigenvalue weighted by Gasteiger charge is 2.25. The van der Waals surface area contributed by atoms with Gasteiger partial charge in [-0.3, -0.25) is 4.98 Å². The minimum absolute atomic E-state index is 0.467. The number of hydrogen-bond acceptors (Lipinski definition) is 3. The largest absolute Gasteiger partial charge is 0.354 e. The number of fused-ring (bicyclic) bond motifs is 1. The molecule has 0 amide bonds. The first kappa shape index (κ1) is 20.7. The van der Waals surface area contributed by atoms with Crippen molar-refractivity contribution in [3.05, 3.63) is 53.3 Å². The summed E-state index contributed by atoms with van der Waals surface area (Å²) >= 11 is 0. The SMILES string of the molecule is Cc1cc(-c2[nH]c3ccc(C4CCN(C[C@@H]5CCNC5)CC4)cc3c2C(C)C)ccn1. The molecular weight excluding hydrogens is 380 g/mol. The predicted octanol–water partition coefficient (Wildman–Crippen LogP) is 5.45. The fourth-order valence-corrected chi connectivity index (χ4v) is 5.70. The summed E-state index contributed by atoms with van der Waals surface area (Å²) in [6.45, 7) is 12.9. The normalized spacial score (nSPS) is 20.8. The molecule has 2 saturated heterocycles. The molecule has 2 aromatic heterocycles. The number of likely N-dealkylation sites (tertiary alicyclic amines) is 1. The van der Waals surface area contributed by atoms with Crippen LogP contribution in [-0.4, -0.2) is 47.6 Å². The van der Waals surface area contributed by atoms with E-state index in [2.05, 4.69) is 71.3 Å². The van der Waals surface area contributed by atoms with Crippen molar-refractivity contribution in [3.8, 4) is 11.3 Å². The average Bonchev–Trinajstić information content (AvgIpc) is 3.41. The van der Waals surface area contributed by atoms with Gasteiger partial charge in [-0.25, -0.2) is 0 Å². The fraction of sp³-hybridized carbons (Fsp3) is 0.519. The van der Waals surface area contributed by atoms with Crippen LogP contribution >= 0.6 is 0 Å². The van der Waals surface area contributed by atoms with Gasteiger partial charge in [-0.2, -0.15) is 0 Å². The van der Waals surface area contributed by atoms with E-state index in [0.717, 1.165) is 11.6 Å². The van der Waals surface area contributed by atoms with Gasteiger partial charge in [0.05, 0.1) is 5.69 Å². The quantitative estimate of drug-likeness (QED) is 0.581. The Morgan fingerprint density at radius 1 is 1.10 bits per heavy atom. The standard InChI is InChI=1S/C27H36N4/c1-18(2)26-24-15-22(21-8-12-31(13-9-21)17-20-6-10-28-16-20)4-5-25(24)30-27(26)23-7-11-29-19(3)14-23/h4-5,7,11,14-15,18,20-21,28,30H,6,8-10,12-13,16-17H2,1-3H3/t20-/m1/s1. The number of hydrogen-bond donors (Lipinski definition) is 2. The molecule has 164 valence electrons. The smallest absolute Gasteiger partial charge is 0.0501 e. The molecule has 4 heterocycles. The molecule has 2 aliphatic heterocycles. The lowest BCUT2D eigenvalue weighted by Crippen LogP contribution is -2.37. The number of aromatic nitrogens is 2. The van der Waals surface area contributed by atoms with Crippen molar-refractivity contribution in [2.75, 3.05) is 32.7 Å². The fourth-order valence-electron chi connectivity index (χ4n) is 5.70. The highest BCUT2D eigenvalue weighted by atomic mass is 15.1. The molecule has 1 aromatic carbocycles. The van der Waals surface area contributed by atoms with Crippen LogP contribution in [0.25, 0.3) is 22.2 Å². The number of rotatable bonds is 5. The first-order valence-corrected chi connectivity index (χ1v) is 12.1. The van der Waals surface area contributed by atoms with E-state index in [9.17, 15) is 0 Å². The highest BCUT2D eigenvalue weighted by Crippen LogP contribution is 2.38. The van der Waals surface area contributed by atoms with E-state index in [4.69, 9.17) is 0 Å². The second-order valence-electron chi connectivity index (χ2n) is 9.99. The molecule has 0 unspecified atom stereocenters. The van der Waals surface area contributed by atoms with Crippen LogP contribution in [0, 0.1) is 12.8 Å². The summed E-state index contributed by atoms with van der Waals surface area (Å²) < 4.78 is 0. The topological polar surface area (TPSA) is 44.0 Å². The Labute approximate surface area is 186 Å². The maximum absolute atomic E-state index is 4.39. The Morgan fingerprint density at radius 2 is 1.94 bits per heavy atom. The van der Waals surface area contributed by atoms with Gasteiger partial charge in [0, 0.05) is 34.9 Å². The zero-order valence-electron chi connectivity index (χ0n) is 19.2. The van der Waals surface area contributed by atoms with Crippen molar-refractivity contribution in [2.24, 2.45) is 5.92 Å². The van der Waals surface area contributed by atoms with Crippen LogP contribution in [0.2, 0.25) is 0 Å². The molecule has 5 rings (SSSR count). The summed E-state index contributed by atoms with van der Waals surface area (Å²) in [5.74, 6) is 2.01.